The van der Waals surface area contributed by atoms with E-state index in [9.17, 15) is 14.4 Å². The molecule has 0 rings (SSSR count). The van der Waals surface area contributed by atoms with Gasteiger partial charge in [-0.1, -0.05) is 0 Å². The molecule has 0 spiro atoms. The van der Waals surface area contributed by atoms with E-state index in [1.165, 1.54) is 14.0 Å². The second-order valence-electron chi connectivity index (χ2n) is 3.09. The van der Waals surface area contributed by atoms with Crippen molar-refractivity contribution in [1.29, 1.82) is 0 Å². The molecule has 1 atom stereocenters. The van der Waals surface area contributed by atoms with Gasteiger partial charge in [0, 0.05) is 13.7 Å². The van der Waals surface area contributed by atoms with Crippen LogP contribution in [0.15, 0.2) is 0 Å². The predicted molar refractivity (Wildman–Crippen MR) is 56.5 cm³/mol. The summed E-state index contributed by atoms with van der Waals surface area (Å²) < 4.78 is 9.36. The number of carboxylic acids is 1. The molecule has 3 amide bonds. The summed E-state index contributed by atoms with van der Waals surface area (Å²) in [7, 11) is 1.48. The van der Waals surface area contributed by atoms with E-state index < -0.39 is 30.6 Å². The number of amides is 3. The van der Waals surface area contributed by atoms with E-state index in [-0.39, 0.29) is 6.54 Å². The van der Waals surface area contributed by atoms with Crippen LogP contribution in [0.25, 0.3) is 0 Å². The van der Waals surface area contributed by atoms with Crippen molar-refractivity contribution < 1.29 is 29.0 Å². The van der Waals surface area contributed by atoms with Gasteiger partial charge in [-0.2, -0.15) is 0 Å². The summed E-state index contributed by atoms with van der Waals surface area (Å²) >= 11 is 0. The van der Waals surface area contributed by atoms with Crippen LogP contribution in [0.1, 0.15) is 6.92 Å². The highest BCUT2D eigenvalue weighted by molar-refractivity contribution is 5.94. The Balaban J connectivity index is 3.71. The standard InChI is InChI=1S/C9H16N2O6/c1-6(8(13)14)17-5-7(12)11-9(15)10-3-4-16-2/h6H,3-5H2,1-2H3,(H,13,14)(H2,10,11,12,15). The molecule has 8 nitrogen and oxygen atoms in total. The van der Waals surface area contributed by atoms with Crippen LogP contribution in [0.2, 0.25) is 0 Å². The number of nitrogens with one attached hydrogen (secondary N) is 2. The Hall–Kier alpha value is -1.67. The second-order valence-corrected chi connectivity index (χ2v) is 3.09. The van der Waals surface area contributed by atoms with Crippen LogP contribution in [-0.2, 0) is 19.1 Å². The van der Waals surface area contributed by atoms with Crippen molar-refractivity contribution in [3.05, 3.63) is 0 Å². The van der Waals surface area contributed by atoms with Crippen molar-refractivity contribution in [3.8, 4) is 0 Å². The summed E-state index contributed by atoms with van der Waals surface area (Å²) in [5.41, 5.74) is 0. The first-order valence-corrected chi connectivity index (χ1v) is 4.88. The minimum atomic E-state index is -1.18. The highest BCUT2D eigenvalue weighted by atomic mass is 16.5. The van der Waals surface area contributed by atoms with Crippen LogP contribution >= 0.6 is 0 Å². The lowest BCUT2D eigenvalue weighted by atomic mass is 10.4. The number of aliphatic carboxylic acids is 1. The number of hydrogen-bond donors (Lipinski definition) is 3. The van der Waals surface area contributed by atoms with Crippen molar-refractivity contribution in [2.45, 2.75) is 13.0 Å². The molecule has 0 aromatic rings. The van der Waals surface area contributed by atoms with E-state index >= 15 is 0 Å². The van der Waals surface area contributed by atoms with Gasteiger partial charge in [-0.15, -0.1) is 0 Å². The molecule has 0 aliphatic heterocycles. The number of carbonyl (C=O) groups is 3. The Labute approximate surface area is 98.3 Å². The Morgan fingerprint density at radius 3 is 2.53 bits per heavy atom. The average molecular weight is 248 g/mol. The van der Waals surface area contributed by atoms with Crippen LogP contribution in [0.4, 0.5) is 4.79 Å². The number of imide groups is 1. The summed E-state index contributed by atoms with van der Waals surface area (Å²) in [5, 5.41) is 12.8. The summed E-state index contributed by atoms with van der Waals surface area (Å²) in [6, 6.07) is -0.682. The Morgan fingerprint density at radius 1 is 1.35 bits per heavy atom. The summed E-state index contributed by atoms with van der Waals surface area (Å²) in [6.07, 6.45) is -1.10. The fourth-order valence-corrected chi connectivity index (χ4v) is 0.746. The van der Waals surface area contributed by atoms with Gasteiger partial charge in [0.25, 0.3) is 5.91 Å². The number of ether oxygens (including phenoxy) is 2. The lowest BCUT2D eigenvalue weighted by Gasteiger charge is -2.09. The largest absolute Gasteiger partial charge is 0.479 e. The van der Waals surface area contributed by atoms with E-state index in [1.54, 1.807) is 0 Å². The lowest BCUT2D eigenvalue weighted by molar-refractivity contribution is -0.150. The molecule has 0 radical (unpaired) electrons. The van der Waals surface area contributed by atoms with E-state index in [0.717, 1.165) is 0 Å². The molecule has 0 bridgehead atoms. The summed E-state index contributed by atoms with van der Waals surface area (Å²) in [6.45, 7) is 1.38. The van der Waals surface area contributed by atoms with E-state index in [4.69, 9.17) is 5.11 Å². The topological polar surface area (TPSA) is 114 Å². The fraction of sp³-hybridized carbons (Fsp3) is 0.667. The van der Waals surface area contributed by atoms with Gasteiger partial charge in [0.2, 0.25) is 0 Å². The third-order valence-corrected chi connectivity index (χ3v) is 1.66. The van der Waals surface area contributed by atoms with Crippen LogP contribution in [0.3, 0.4) is 0 Å². The van der Waals surface area contributed by atoms with Crippen LogP contribution in [-0.4, -0.2) is 56.0 Å². The van der Waals surface area contributed by atoms with Gasteiger partial charge >= 0.3 is 12.0 Å². The normalized spacial score (nSPS) is 11.6. The van der Waals surface area contributed by atoms with Gasteiger partial charge in [0.05, 0.1) is 6.61 Å². The minimum absolute atomic E-state index is 0.266. The maximum atomic E-state index is 11.1. The van der Waals surface area contributed by atoms with Gasteiger partial charge < -0.3 is 19.9 Å². The van der Waals surface area contributed by atoms with E-state index in [2.05, 4.69) is 14.8 Å². The maximum absolute atomic E-state index is 11.1. The van der Waals surface area contributed by atoms with E-state index in [0.29, 0.717) is 6.61 Å². The average Bonchev–Trinajstić information content (AvgIpc) is 2.26. The summed E-state index contributed by atoms with van der Waals surface area (Å²) in [5.74, 6) is -1.89. The molecule has 0 heterocycles. The van der Waals surface area contributed by atoms with Crippen LogP contribution < -0.4 is 10.6 Å². The molecule has 0 aliphatic carbocycles. The third kappa shape index (κ3) is 8.17. The number of urea groups is 1. The SMILES string of the molecule is COCCNC(=O)NC(=O)COC(C)C(=O)O. The molecule has 8 heteroatoms. The fourth-order valence-electron chi connectivity index (χ4n) is 0.746. The molecule has 17 heavy (non-hydrogen) atoms. The van der Waals surface area contributed by atoms with Gasteiger partial charge in [-0.05, 0) is 6.92 Å². The molecular formula is C9H16N2O6. The van der Waals surface area contributed by atoms with Crippen molar-refractivity contribution in [2.75, 3.05) is 26.9 Å². The molecule has 98 valence electrons. The van der Waals surface area contributed by atoms with Crippen molar-refractivity contribution in [3.63, 3.8) is 0 Å². The number of rotatable bonds is 7. The molecule has 0 aromatic heterocycles. The molecule has 0 fully saturated rings. The zero-order valence-electron chi connectivity index (χ0n) is 9.69. The minimum Gasteiger partial charge on any atom is -0.479 e. The predicted octanol–water partition coefficient (Wildman–Crippen LogP) is -1.05. The second kappa shape index (κ2) is 8.48. The van der Waals surface area contributed by atoms with Crippen LogP contribution in [0.5, 0.6) is 0 Å². The molecule has 0 aliphatic rings. The molecular weight excluding hydrogens is 232 g/mol. The van der Waals surface area contributed by atoms with Crippen molar-refractivity contribution in [2.24, 2.45) is 0 Å². The number of methoxy groups -OCH3 is 1. The zero-order chi connectivity index (χ0) is 13.3. The molecule has 1 unspecified atom stereocenters. The van der Waals surface area contributed by atoms with Gasteiger partial charge in [-0.3, -0.25) is 10.1 Å². The molecule has 3 N–H and O–H groups in total. The van der Waals surface area contributed by atoms with Crippen LogP contribution in [0, 0.1) is 0 Å². The number of carbonyl (C=O) groups excluding carboxylic acids is 2. The van der Waals surface area contributed by atoms with Crippen molar-refractivity contribution >= 4 is 17.9 Å². The highest BCUT2D eigenvalue weighted by Crippen LogP contribution is 1.89. The number of carboxylic acid groups (broad SMARTS) is 1. The smallest absolute Gasteiger partial charge is 0.332 e. The quantitative estimate of drug-likeness (QED) is 0.495. The first-order chi connectivity index (χ1) is 7.97. The first kappa shape index (κ1) is 15.3. The Morgan fingerprint density at radius 2 is 2.00 bits per heavy atom. The Bertz CT molecular complexity index is 281. The zero-order valence-corrected chi connectivity index (χ0v) is 9.69. The van der Waals surface area contributed by atoms with Gasteiger partial charge in [0.15, 0.2) is 6.10 Å². The Kier molecular flexibility index (Phi) is 7.65. The van der Waals surface area contributed by atoms with Gasteiger partial charge in [0.1, 0.15) is 6.61 Å². The van der Waals surface area contributed by atoms with Gasteiger partial charge in [-0.25, -0.2) is 9.59 Å². The number of hydrogen-bond acceptors (Lipinski definition) is 5. The summed E-state index contributed by atoms with van der Waals surface area (Å²) in [4.78, 5) is 32.5. The lowest BCUT2D eigenvalue weighted by Crippen LogP contribution is -2.42. The monoisotopic (exact) mass is 248 g/mol. The van der Waals surface area contributed by atoms with E-state index in [1.807, 2.05) is 5.32 Å². The third-order valence-electron chi connectivity index (χ3n) is 1.66. The highest BCUT2D eigenvalue weighted by Gasteiger charge is 2.14. The molecule has 0 saturated heterocycles. The maximum Gasteiger partial charge on any atom is 0.332 e. The van der Waals surface area contributed by atoms with Crippen molar-refractivity contribution in [1.82, 2.24) is 10.6 Å². The molecule has 0 saturated carbocycles. The first-order valence-electron chi connectivity index (χ1n) is 4.88. The molecule has 0 aromatic carbocycles.